The second-order valence-corrected chi connectivity index (χ2v) is 14.5. The number of nitrogens with zero attached hydrogens (tertiary/aromatic N) is 2. The molecule has 3 aliphatic rings. The first kappa shape index (κ1) is 57.1. The van der Waals surface area contributed by atoms with E-state index in [9.17, 15) is 28.8 Å². The lowest BCUT2D eigenvalue weighted by atomic mass is 9.88. The Morgan fingerprint density at radius 3 is 1.55 bits per heavy atom. The average molecular weight is 839 g/mol. The van der Waals surface area contributed by atoms with E-state index in [0.29, 0.717) is 26.2 Å². The predicted octanol–water partition coefficient (Wildman–Crippen LogP) is 4.17. The number of nitrogens with one attached hydrogen (secondary N) is 6. The fourth-order valence-electron chi connectivity index (χ4n) is 6.29. The molecule has 1 aliphatic carbocycles. The standard InChI is InChI=1S/C22H36N6O4.C11H13NO.C5H11NO.C3H8.C3H6.C2H4/c1-23-15-19(29)25-17(21(31)27-11-5-6-12-27)9-3-4-10-18(26-20(30)16-24-2)22(32)28-13-7-8-14-28;13-8-12-11-7-3-5-9-4-1-2-6-10(9)11;1-4(2)6-5(3)7;2*1-3-2;1-2/h17-18,23-24H,5-16H2,1-2H3,(H,25,29)(H,26,30);1-2,4,6,8,11H,3,5,7H2,(H,12,13);4H,1-3H3,(H,6,7);3H2,1-2H3;3H,1H2,2H3;1-2H2. The zero-order valence-corrected chi connectivity index (χ0v) is 38.1. The maximum Gasteiger partial charge on any atom is 0.246 e. The Kier molecular flexibility index (Phi) is 35.2. The van der Waals surface area contributed by atoms with Crippen LogP contribution >= 0.6 is 0 Å². The van der Waals surface area contributed by atoms with Crippen LogP contribution in [0, 0.1) is 11.8 Å². The molecule has 1 aromatic carbocycles. The van der Waals surface area contributed by atoms with E-state index in [-0.39, 0.29) is 67.6 Å². The second-order valence-electron chi connectivity index (χ2n) is 14.5. The van der Waals surface area contributed by atoms with Crippen LogP contribution < -0.4 is 31.9 Å². The van der Waals surface area contributed by atoms with Crippen LogP contribution in [0.2, 0.25) is 0 Å². The number of rotatable bonds is 13. The van der Waals surface area contributed by atoms with Crippen LogP contribution in [-0.4, -0.2) is 117 Å². The van der Waals surface area contributed by atoms with Gasteiger partial charge in [0.05, 0.1) is 19.1 Å². The van der Waals surface area contributed by atoms with Crippen LogP contribution in [0.4, 0.5) is 0 Å². The molecule has 14 nitrogen and oxygen atoms in total. The van der Waals surface area contributed by atoms with Gasteiger partial charge < -0.3 is 41.7 Å². The van der Waals surface area contributed by atoms with Crippen molar-refractivity contribution < 1.29 is 28.8 Å². The number of carbonyl (C=O) groups is 6. The highest BCUT2D eigenvalue weighted by atomic mass is 16.2. The molecule has 60 heavy (non-hydrogen) atoms. The molecule has 6 N–H and O–H groups in total. The van der Waals surface area contributed by atoms with E-state index in [1.54, 1.807) is 30.0 Å². The largest absolute Gasteiger partial charge is 0.354 e. The molecule has 0 aromatic heterocycles. The van der Waals surface area contributed by atoms with Gasteiger partial charge in [0.1, 0.15) is 12.1 Å². The van der Waals surface area contributed by atoms with Crippen molar-refractivity contribution in [2.24, 2.45) is 0 Å². The van der Waals surface area contributed by atoms with Gasteiger partial charge in [0.15, 0.2) is 0 Å². The summed E-state index contributed by atoms with van der Waals surface area (Å²) in [5, 5.41) is 16.6. The summed E-state index contributed by atoms with van der Waals surface area (Å²) < 4.78 is 0. The summed E-state index contributed by atoms with van der Waals surface area (Å²) in [7, 11) is 3.33. The summed E-state index contributed by atoms with van der Waals surface area (Å²) in [5.41, 5.74) is 2.67. The van der Waals surface area contributed by atoms with Gasteiger partial charge in [-0.05, 0) is 90.9 Å². The lowest BCUT2D eigenvalue weighted by Gasteiger charge is -2.24. The van der Waals surface area contributed by atoms with Crippen molar-refractivity contribution in [1.29, 1.82) is 0 Å². The van der Waals surface area contributed by atoms with Crippen LogP contribution in [0.15, 0.2) is 50.1 Å². The minimum absolute atomic E-state index is 0.0370. The third-order valence-corrected chi connectivity index (χ3v) is 8.64. The molecule has 0 radical (unpaired) electrons. The van der Waals surface area contributed by atoms with Crippen molar-refractivity contribution in [3.63, 3.8) is 0 Å². The molecular formula is C46H78N8O6. The maximum absolute atomic E-state index is 12.8. The number of amides is 6. The molecule has 0 spiro atoms. The Bertz CT molecular complexity index is 1390. The fraction of sp³-hybridized carbons (Fsp3) is 0.609. The summed E-state index contributed by atoms with van der Waals surface area (Å²) in [5.74, 6) is 5.13. The highest BCUT2D eigenvalue weighted by molar-refractivity contribution is 5.89. The quantitative estimate of drug-likeness (QED) is 0.0973. The Hall–Kier alpha value is -5.00. The van der Waals surface area contributed by atoms with Crippen molar-refractivity contribution in [2.45, 2.75) is 130 Å². The fourth-order valence-corrected chi connectivity index (χ4v) is 6.29. The van der Waals surface area contributed by atoms with Gasteiger partial charge >= 0.3 is 0 Å². The monoisotopic (exact) mass is 839 g/mol. The molecule has 338 valence electrons. The topological polar surface area (TPSA) is 181 Å². The van der Waals surface area contributed by atoms with Gasteiger partial charge in [-0.2, -0.15) is 0 Å². The summed E-state index contributed by atoms with van der Waals surface area (Å²) in [4.78, 5) is 73.7. The third kappa shape index (κ3) is 26.2. The number of hydrogen-bond acceptors (Lipinski definition) is 8. The van der Waals surface area contributed by atoms with Crippen molar-refractivity contribution in [2.75, 3.05) is 53.4 Å². The molecule has 2 fully saturated rings. The lowest BCUT2D eigenvalue weighted by molar-refractivity contribution is -0.135. The molecule has 6 amide bonds. The van der Waals surface area contributed by atoms with Crippen LogP contribution in [0.1, 0.15) is 116 Å². The first-order chi connectivity index (χ1) is 28.8. The average Bonchev–Trinajstić information content (AvgIpc) is 3.96. The molecule has 4 rings (SSSR count). The van der Waals surface area contributed by atoms with Gasteiger partial charge in [-0.3, -0.25) is 28.8 Å². The summed E-state index contributed by atoms with van der Waals surface area (Å²) in [6.45, 7) is 23.9. The van der Waals surface area contributed by atoms with Gasteiger partial charge in [0.25, 0.3) is 0 Å². The number of allylic oxidation sites excluding steroid dienone is 1. The molecule has 3 atom stereocenters. The second kappa shape index (κ2) is 37.0. The van der Waals surface area contributed by atoms with Crippen molar-refractivity contribution >= 4 is 35.9 Å². The summed E-state index contributed by atoms with van der Waals surface area (Å²) in [6.07, 6.45) is 11.3. The zero-order chi connectivity index (χ0) is 45.7. The van der Waals surface area contributed by atoms with Crippen LogP contribution in [0.25, 0.3) is 0 Å². The van der Waals surface area contributed by atoms with Gasteiger partial charge in [-0.25, -0.2) is 0 Å². The van der Waals surface area contributed by atoms with Crippen LogP contribution in [-0.2, 0) is 35.2 Å². The number of benzene rings is 1. The van der Waals surface area contributed by atoms with E-state index in [1.165, 1.54) is 30.9 Å². The number of likely N-dealkylation sites (N-methyl/N-ethyl adjacent to an activating group) is 2. The van der Waals surface area contributed by atoms with E-state index in [2.05, 4.69) is 95.5 Å². The Balaban J connectivity index is 0. The number of aryl methyl sites for hydroxylation is 1. The van der Waals surface area contributed by atoms with E-state index < -0.39 is 12.1 Å². The minimum Gasteiger partial charge on any atom is -0.354 e. The molecule has 14 heteroatoms. The van der Waals surface area contributed by atoms with E-state index >= 15 is 0 Å². The molecular weight excluding hydrogens is 761 g/mol. The first-order valence-corrected chi connectivity index (χ1v) is 21.4. The van der Waals surface area contributed by atoms with Gasteiger partial charge in [0, 0.05) is 52.0 Å². The van der Waals surface area contributed by atoms with Gasteiger partial charge in [-0.1, -0.05) is 50.6 Å². The van der Waals surface area contributed by atoms with E-state index in [1.807, 2.05) is 26.8 Å². The summed E-state index contributed by atoms with van der Waals surface area (Å²) in [6, 6.07) is 7.40. The van der Waals surface area contributed by atoms with Crippen molar-refractivity contribution in [3.8, 4) is 11.8 Å². The van der Waals surface area contributed by atoms with Crippen LogP contribution in [0.3, 0.4) is 0 Å². The van der Waals surface area contributed by atoms with Crippen molar-refractivity contribution in [1.82, 2.24) is 41.7 Å². The maximum atomic E-state index is 12.8. The Morgan fingerprint density at radius 2 is 1.20 bits per heavy atom. The normalized spacial score (nSPS) is 15.3. The highest BCUT2D eigenvalue weighted by Crippen LogP contribution is 2.28. The molecule has 0 bridgehead atoms. The van der Waals surface area contributed by atoms with Gasteiger partial charge in [0.2, 0.25) is 35.9 Å². The first-order valence-electron chi connectivity index (χ1n) is 21.4. The minimum atomic E-state index is -0.729. The number of hydrogen-bond donors (Lipinski definition) is 6. The smallest absolute Gasteiger partial charge is 0.246 e. The molecule has 2 saturated heterocycles. The zero-order valence-electron chi connectivity index (χ0n) is 38.1. The number of fused-ring (bicyclic) bond motifs is 1. The van der Waals surface area contributed by atoms with E-state index in [0.717, 1.165) is 44.9 Å². The molecule has 3 unspecified atom stereocenters. The lowest BCUT2D eigenvalue weighted by Crippen LogP contribution is -2.49. The Morgan fingerprint density at radius 1 is 0.783 bits per heavy atom. The highest BCUT2D eigenvalue weighted by Gasteiger charge is 2.29. The molecule has 0 saturated carbocycles. The molecule has 2 aliphatic heterocycles. The third-order valence-electron chi connectivity index (χ3n) is 8.64. The Labute approximate surface area is 361 Å². The summed E-state index contributed by atoms with van der Waals surface area (Å²) >= 11 is 0. The van der Waals surface area contributed by atoms with Crippen LogP contribution in [0.5, 0.6) is 0 Å². The number of likely N-dealkylation sites (tertiary alicyclic amines) is 2. The molecule has 1 aromatic rings. The van der Waals surface area contributed by atoms with Crippen molar-refractivity contribution in [3.05, 3.63) is 61.2 Å². The van der Waals surface area contributed by atoms with Gasteiger partial charge in [-0.15, -0.1) is 31.6 Å². The molecule has 2 heterocycles. The SMILES string of the molecule is C=C.C=CC.CC(=O)NC(C)C.CCC.CNCC(=O)NC(CC#CCC(NC(=O)CNC)C(=O)N1CCCC1)C(=O)N1CCCC1.O=CNC1CCCc2ccccc21. The predicted molar refractivity (Wildman–Crippen MR) is 244 cm³/mol. The van der Waals surface area contributed by atoms with E-state index in [4.69, 9.17) is 0 Å². The number of carbonyl (C=O) groups excluding carboxylic acids is 6.